The molecule has 0 atom stereocenters. The van der Waals surface area contributed by atoms with Crippen molar-refractivity contribution >= 4 is 23.5 Å². The summed E-state index contributed by atoms with van der Waals surface area (Å²) in [5.41, 5.74) is 8.06. The lowest BCUT2D eigenvalue weighted by molar-refractivity contribution is -0.117. The highest BCUT2D eigenvalue weighted by atomic mass is 19.1. The van der Waals surface area contributed by atoms with E-state index in [2.05, 4.69) is 15.3 Å². The molecule has 9 heteroatoms. The van der Waals surface area contributed by atoms with Gasteiger partial charge in [0.15, 0.2) is 0 Å². The maximum Gasteiger partial charge on any atom is 0.258 e. The van der Waals surface area contributed by atoms with Gasteiger partial charge in [-0.05, 0) is 35.7 Å². The lowest BCUT2D eigenvalue weighted by atomic mass is 10.2. The summed E-state index contributed by atoms with van der Waals surface area (Å²) in [6.07, 6.45) is 2.21. The number of aromatic nitrogens is 2. The van der Waals surface area contributed by atoms with E-state index >= 15 is 0 Å². The Labute approximate surface area is 177 Å². The molecule has 158 valence electrons. The number of hydrogen-bond donors (Lipinski definition) is 2. The van der Waals surface area contributed by atoms with E-state index in [1.807, 2.05) is 29.2 Å². The zero-order valence-corrected chi connectivity index (χ0v) is 16.5. The molecule has 3 N–H and O–H groups in total. The van der Waals surface area contributed by atoms with Crippen molar-refractivity contribution in [3.8, 4) is 5.88 Å². The van der Waals surface area contributed by atoms with Crippen LogP contribution in [0.4, 0.5) is 16.0 Å². The highest BCUT2D eigenvalue weighted by Gasteiger charge is 2.24. The summed E-state index contributed by atoms with van der Waals surface area (Å²) in [4.78, 5) is 34.3. The normalized spacial score (nSPS) is 12.4. The Morgan fingerprint density at radius 3 is 2.71 bits per heavy atom. The smallest absolute Gasteiger partial charge is 0.258 e. The van der Waals surface area contributed by atoms with E-state index in [1.54, 1.807) is 12.1 Å². The van der Waals surface area contributed by atoms with Crippen LogP contribution in [0.1, 0.15) is 21.5 Å². The van der Waals surface area contributed by atoms with Crippen molar-refractivity contribution < 1.29 is 18.7 Å². The number of rotatable bonds is 7. The van der Waals surface area contributed by atoms with Crippen molar-refractivity contribution in [2.75, 3.05) is 18.0 Å². The van der Waals surface area contributed by atoms with Crippen LogP contribution in [0.15, 0.2) is 54.7 Å². The molecule has 0 fully saturated rings. The minimum atomic E-state index is -0.673. The number of primary amides is 1. The number of para-hydroxylation sites is 1. The number of nitrogens with two attached hydrogens (primary N) is 1. The topological polar surface area (TPSA) is 110 Å². The zero-order valence-electron chi connectivity index (χ0n) is 16.5. The number of fused-ring (bicyclic) bond motifs is 1. The molecule has 1 aliphatic heterocycles. The van der Waals surface area contributed by atoms with Crippen molar-refractivity contribution in [3.63, 3.8) is 0 Å². The second-order valence-corrected chi connectivity index (χ2v) is 6.98. The summed E-state index contributed by atoms with van der Waals surface area (Å²) < 4.78 is 19.0. The first kappa shape index (κ1) is 20.3. The van der Waals surface area contributed by atoms with Crippen molar-refractivity contribution in [2.24, 2.45) is 5.73 Å². The molecular weight excluding hydrogens is 401 g/mol. The van der Waals surface area contributed by atoms with Crippen molar-refractivity contribution in [1.29, 1.82) is 0 Å². The maximum absolute atomic E-state index is 13.2. The molecule has 31 heavy (non-hydrogen) atoms. The number of carbonyl (C=O) groups excluding carboxylic acids is 2. The van der Waals surface area contributed by atoms with Gasteiger partial charge in [-0.3, -0.25) is 9.59 Å². The highest BCUT2D eigenvalue weighted by Crippen LogP contribution is 2.33. The van der Waals surface area contributed by atoms with E-state index in [0.717, 1.165) is 12.1 Å². The molecule has 0 saturated carbocycles. The highest BCUT2D eigenvalue weighted by molar-refractivity contribution is 5.98. The summed E-state index contributed by atoms with van der Waals surface area (Å²) in [6, 6.07) is 13.8. The van der Waals surface area contributed by atoms with E-state index in [9.17, 15) is 14.0 Å². The first-order valence-electron chi connectivity index (χ1n) is 9.67. The molecule has 0 radical (unpaired) electrons. The van der Waals surface area contributed by atoms with E-state index in [4.69, 9.17) is 10.5 Å². The third-order valence-corrected chi connectivity index (χ3v) is 4.83. The van der Waals surface area contributed by atoms with Crippen molar-refractivity contribution in [1.82, 2.24) is 15.3 Å². The second kappa shape index (κ2) is 8.78. The molecule has 2 heterocycles. The Kier molecular flexibility index (Phi) is 5.74. The molecule has 0 unspecified atom stereocenters. The van der Waals surface area contributed by atoms with Gasteiger partial charge in [0, 0.05) is 18.4 Å². The van der Waals surface area contributed by atoms with Crippen molar-refractivity contribution in [2.45, 2.75) is 13.0 Å². The predicted octanol–water partition coefficient (Wildman–Crippen LogP) is 2.10. The molecular formula is C22H20FN5O3. The molecule has 0 saturated heterocycles. The average molecular weight is 421 g/mol. The second-order valence-electron chi connectivity index (χ2n) is 6.98. The Morgan fingerprint density at radius 2 is 1.94 bits per heavy atom. The monoisotopic (exact) mass is 421 g/mol. The van der Waals surface area contributed by atoms with E-state index in [0.29, 0.717) is 18.1 Å². The van der Waals surface area contributed by atoms with Crippen LogP contribution in [0.3, 0.4) is 0 Å². The molecule has 0 aliphatic carbocycles. The van der Waals surface area contributed by atoms with Gasteiger partial charge in [0.05, 0.1) is 6.54 Å². The summed E-state index contributed by atoms with van der Waals surface area (Å²) in [5.74, 6) is -1.16. The van der Waals surface area contributed by atoms with Crippen LogP contribution in [0.2, 0.25) is 0 Å². The number of benzene rings is 2. The number of hydrogen-bond acceptors (Lipinski definition) is 6. The van der Waals surface area contributed by atoms with Gasteiger partial charge in [0.25, 0.3) is 5.91 Å². The van der Waals surface area contributed by atoms with Crippen LogP contribution < -0.4 is 20.7 Å². The standard InChI is InChI=1S/C22H20FN5O3/c23-16-7-5-14(6-8-16)13-31-21-17(20(30)25-12-19(24)29)11-26-22(27-21)28-10-9-15-3-1-2-4-18(15)28/h1-8,11H,9-10,12-13H2,(H2,24,29)(H,25,30). The van der Waals surface area contributed by atoms with Gasteiger partial charge in [0.1, 0.15) is 18.0 Å². The lowest BCUT2D eigenvalue weighted by Crippen LogP contribution is -2.33. The van der Waals surface area contributed by atoms with Crippen molar-refractivity contribution in [3.05, 3.63) is 77.2 Å². The van der Waals surface area contributed by atoms with Crippen LogP contribution >= 0.6 is 0 Å². The summed E-state index contributed by atoms with van der Waals surface area (Å²) >= 11 is 0. The number of carbonyl (C=O) groups is 2. The van der Waals surface area contributed by atoms with E-state index < -0.39 is 11.8 Å². The number of nitrogens with zero attached hydrogens (tertiary/aromatic N) is 3. The fraction of sp³-hybridized carbons (Fsp3) is 0.182. The summed E-state index contributed by atoms with van der Waals surface area (Å²) in [5, 5.41) is 2.41. The fourth-order valence-electron chi connectivity index (χ4n) is 3.29. The predicted molar refractivity (Wildman–Crippen MR) is 111 cm³/mol. The number of nitrogens with one attached hydrogen (secondary N) is 1. The first-order chi connectivity index (χ1) is 15.0. The molecule has 8 nitrogen and oxygen atoms in total. The summed E-state index contributed by atoms with van der Waals surface area (Å²) in [7, 11) is 0. The van der Waals surface area contributed by atoms with Crippen LogP contribution in [0.25, 0.3) is 0 Å². The number of halogens is 1. The molecule has 0 bridgehead atoms. The van der Waals surface area contributed by atoms with Crippen LogP contribution in [-0.2, 0) is 17.8 Å². The Hall–Kier alpha value is -4.01. The largest absolute Gasteiger partial charge is 0.472 e. The van der Waals surface area contributed by atoms with Crippen LogP contribution in [0, 0.1) is 5.82 Å². The molecule has 2 amide bonds. The SMILES string of the molecule is NC(=O)CNC(=O)c1cnc(N2CCc3ccccc32)nc1OCc1ccc(F)cc1. The lowest BCUT2D eigenvalue weighted by Gasteiger charge is -2.19. The summed E-state index contributed by atoms with van der Waals surface area (Å²) in [6.45, 7) is 0.449. The third-order valence-electron chi connectivity index (χ3n) is 4.83. The molecule has 2 aromatic carbocycles. The van der Waals surface area contributed by atoms with Gasteiger partial charge >= 0.3 is 0 Å². The minimum Gasteiger partial charge on any atom is -0.472 e. The van der Waals surface area contributed by atoms with Gasteiger partial charge in [-0.2, -0.15) is 4.98 Å². The minimum absolute atomic E-state index is 0.0562. The van der Waals surface area contributed by atoms with Gasteiger partial charge in [-0.15, -0.1) is 0 Å². The van der Waals surface area contributed by atoms with Crippen LogP contribution in [-0.4, -0.2) is 34.9 Å². The van der Waals surface area contributed by atoms with Crippen LogP contribution in [0.5, 0.6) is 5.88 Å². The number of ether oxygens (including phenoxy) is 1. The average Bonchev–Trinajstić information content (AvgIpc) is 3.21. The maximum atomic E-state index is 13.2. The van der Waals surface area contributed by atoms with Gasteiger partial charge in [-0.1, -0.05) is 30.3 Å². The van der Waals surface area contributed by atoms with E-state index in [-0.39, 0.29) is 30.4 Å². The van der Waals surface area contributed by atoms with E-state index in [1.165, 1.54) is 23.9 Å². The third kappa shape index (κ3) is 4.61. The molecule has 1 aromatic heterocycles. The Balaban J connectivity index is 1.62. The fourth-order valence-corrected chi connectivity index (χ4v) is 3.29. The quantitative estimate of drug-likeness (QED) is 0.605. The van der Waals surface area contributed by atoms with Gasteiger partial charge in [0.2, 0.25) is 17.7 Å². The van der Waals surface area contributed by atoms with Gasteiger partial charge in [-0.25, -0.2) is 9.37 Å². The molecule has 4 rings (SSSR count). The molecule has 0 spiro atoms. The van der Waals surface area contributed by atoms with Gasteiger partial charge < -0.3 is 20.7 Å². The first-order valence-corrected chi connectivity index (χ1v) is 9.67. The zero-order chi connectivity index (χ0) is 21.8. The molecule has 1 aliphatic rings. The number of anilines is 2. The Bertz CT molecular complexity index is 1120. The number of amides is 2. The Morgan fingerprint density at radius 1 is 1.16 bits per heavy atom. The molecule has 3 aromatic rings.